The third-order valence-corrected chi connectivity index (χ3v) is 2.99. The number of hydrogen-bond acceptors (Lipinski definition) is 4. The van der Waals surface area contributed by atoms with Crippen molar-refractivity contribution in [2.24, 2.45) is 5.16 Å². The van der Waals surface area contributed by atoms with E-state index in [1.807, 2.05) is 0 Å². The summed E-state index contributed by atoms with van der Waals surface area (Å²) in [6.45, 7) is 0. The van der Waals surface area contributed by atoms with Crippen LogP contribution in [0.4, 0.5) is 19.0 Å². The van der Waals surface area contributed by atoms with Crippen LogP contribution < -0.4 is 4.90 Å². The van der Waals surface area contributed by atoms with E-state index in [-0.39, 0.29) is 11.5 Å². The fraction of sp³-hybridized carbons (Fsp3) is 0.200. The van der Waals surface area contributed by atoms with Crippen LogP contribution in [0.3, 0.4) is 0 Å². The Labute approximate surface area is 125 Å². The molecule has 22 heavy (non-hydrogen) atoms. The van der Waals surface area contributed by atoms with E-state index in [0.717, 1.165) is 12.1 Å². The van der Waals surface area contributed by atoms with Crippen LogP contribution >= 0.6 is 0 Å². The molecule has 1 aromatic heterocycles. The molecule has 0 saturated carbocycles. The summed E-state index contributed by atoms with van der Waals surface area (Å²) < 4.78 is 39.1. The van der Waals surface area contributed by atoms with Crippen molar-refractivity contribution in [2.45, 2.75) is 6.18 Å². The molecule has 7 heteroatoms. The Morgan fingerprint density at radius 1 is 1.18 bits per heavy atom. The monoisotopic (exact) mass is 309 g/mol. The van der Waals surface area contributed by atoms with Crippen LogP contribution in [-0.4, -0.2) is 30.5 Å². The number of rotatable bonds is 3. The van der Waals surface area contributed by atoms with E-state index in [4.69, 9.17) is 5.21 Å². The Bertz CT molecular complexity index is 697. The number of halogens is 3. The third-order valence-electron chi connectivity index (χ3n) is 2.99. The molecule has 1 aromatic carbocycles. The summed E-state index contributed by atoms with van der Waals surface area (Å²) in [5.41, 5.74) is 0.506. The summed E-state index contributed by atoms with van der Waals surface area (Å²) in [6, 6.07) is 8.58. The molecule has 0 unspecified atom stereocenters. The van der Waals surface area contributed by atoms with Crippen molar-refractivity contribution in [3.05, 3.63) is 47.5 Å². The highest BCUT2D eigenvalue weighted by molar-refractivity contribution is 5.81. The first-order valence-corrected chi connectivity index (χ1v) is 6.36. The second kappa shape index (κ2) is 6.05. The van der Waals surface area contributed by atoms with Gasteiger partial charge in [-0.15, -0.1) is 0 Å². The van der Waals surface area contributed by atoms with Gasteiger partial charge in [-0.2, -0.15) is 13.2 Å². The Hall–Kier alpha value is -2.57. The number of anilines is 1. The lowest BCUT2D eigenvalue weighted by Gasteiger charge is -2.16. The average Bonchev–Trinajstić information content (AvgIpc) is 2.46. The smallest absolute Gasteiger partial charge is 0.411 e. The van der Waals surface area contributed by atoms with E-state index < -0.39 is 11.7 Å². The van der Waals surface area contributed by atoms with E-state index in [0.29, 0.717) is 11.1 Å². The minimum absolute atomic E-state index is 0.201. The molecule has 1 N–H and O–H groups in total. The molecule has 0 saturated heterocycles. The minimum atomic E-state index is -4.45. The van der Waals surface area contributed by atoms with E-state index >= 15 is 0 Å². The predicted octanol–water partition coefficient (Wildman–Crippen LogP) is 3.64. The summed E-state index contributed by atoms with van der Waals surface area (Å²) in [4.78, 5) is 5.75. The molecule has 0 aliphatic heterocycles. The fourth-order valence-electron chi connectivity index (χ4n) is 1.90. The van der Waals surface area contributed by atoms with Gasteiger partial charge in [-0.05, 0) is 23.8 Å². The molecular weight excluding hydrogens is 295 g/mol. The van der Waals surface area contributed by atoms with Gasteiger partial charge in [0.15, 0.2) is 0 Å². The second-order valence-corrected chi connectivity index (χ2v) is 4.86. The molecule has 0 aliphatic carbocycles. The normalized spacial score (nSPS) is 11.9. The lowest BCUT2D eigenvalue weighted by Crippen LogP contribution is -2.14. The number of hydrogen-bond donors (Lipinski definition) is 1. The van der Waals surface area contributed by atoms with Gasteiger partial charge in [-0.3, -0.25) is 0 Å². The number of oxime groups is 1. The molecule has 0 spiro atoms. The standard InChI is InChI=1S/C15H14F3N3O/c1-21(2)14-8-12(15(16,17)18)7-13(20-14)11-5-3-4-10(6-11)9-19-22/h3-9,22H,1-2H3/b19-9+. The summed E-state index contributed by atoms with van der Waals surface area (Å²) in [5, 5.41) is 11.5. The zero-order chi connectivity index (χ0) is 16.3. The van der Waals surface area contributed by atoms with Crippen molar-refractivity contribution in [1.29, 1.82) is 0 Å². The molecule has 2 aromatic rings. The highest BCUT2D eigenvalue weighted by atomic mass is 19.4. The average molecular weight is 309 g/mol. The molecule has 2 rings (SSSR count). The van der Waals surface area contributed by atoms with Crippen molar-refractivity contribution in [3.8, 4) is 11.3 Å². The summed E-state index contributed by atoms with van der Waals surface area (Å²) in [5.74, 6) is 0.214. The van der Waals surface area contributed by atoms with Gasteiger partial charge in [-0.25, -0.2) is 4.98 Å². The molecule has 1 heterocycles. The lowest BCUT2D eigenvalue weighted by atomic mass is 10.1. The van der Waals surface area contributed by atoms with Crippen molar-refractivity contribution in [3.63, 3.8) is 0 Å². The van der Waals surface area contributed by atoms with Gasteiger partial charge in [0, 0.05) is 19.7 Å². The molecule has 0 aliphatic rings. The summed E-state index contributed by atoms with van der Waals surface area (Å²) in [6.07, 6.45) is -3.25. The maximum atomic E-state index is 13.0. The van der Waals surface area contributed by atoms with Gasteiger partial charge in [0.1, 0.15) is 5.82 Å². The topological polar surface area (TPSA) is 48.7 Å². The van der Waals surface area contributed by atoms with E-state index in [1.54, 1.807) is 38.4 Å². The van der Waals surface area contributed by atoms with Crippen molar-refractivity contribution < 1.29 is 18.4 Å². The van der Waals surface area contributed by atoms with Crippen LogP contribution in [0.2, 0.25) is 0 Å². The maximum absolute atomic E-state index is 13.0. The number of nitrogens with zero attached hydrogens (tertiary/aromatic N) is 3. The van der Waals surface area contributed by atoms with Crippen molar-refractivity contribution >= 4 is 12.0 Å². The highest BCUT2D eigenvalue weighted by Gasteiger charge is 2.32. The summed E-state index contributed by atoms with van der Waals surface area (Å²) in [7, 11) is 3.25. The Balaban J connectivity index is 2.59. The molecule has 0 bridgehead atoms. The first kappa shape index (κ1) is 15.8. The predicted molar refractivity (Wildman–Crippen MR) is 78.4 cm³/mol. The SMILES string of the molecule is CN(C)c1cc(C(F)(F)F)cc(-c2cccc(/C=N/O)c2)n1. The molecule has 0 amide bonds. The van der Waals surface area contributed by atoms with Crippen LogP contribution in [0.15, 0.2) is 41.6 Å². The van der Waals surface area contributed by atoms with Gasteiger partial charge in [0.2, 0.25) is 0 Å². The van der Waals surface area contributed by atoms with Crippen LogP contribution in [-0.2, 0) is 6.18 Å². The second-order valence-electron chi connectivity index (χ2n) is 4.86. The zero-order valence-electron chi connectivity index (χ0n) is 12.0. The Kier molecular flexibility index (Phi) is 4.35. The van der Waals surface area contributed by atoms with Gasteiger partial charge in [0.05, 0.1) is 17.5 Å². The first-order valence-electron chi connectivity index (χ1n) is 6.36. The quantitative estimate of drug-likeness (QED) is 0.535. The minimum Gasteiger partial charge on any atom is -0.411 e. The Morgan fingerprint density at radius 3 is 2.50 bits per heavy atom. The van der Waals surface area contributed by atoms with Gasteiger partial charge in [-0.1, -0.05) is 23.4 Å². The van der Waals surface area contributed by atoms with Crippen molar-refractivity contribution in [2.75, 3.05) is 19.0 Å². The van der Waals surface area contributed by atoms with Crippen LogP contribution in [0.25, 0.3) is 11.3 Å². The molecule has 0 atom stereocenters. The van der Waals surface area contributed by atoms with E-state index in [2.05, 4.69) is 10.1 Å². The first-order chi connectivity index (χ1) is 10.3. The van der Waals surface area contributed by atoms with Gasteiger partial charge in [0.25, 0.3) is 0 Å². The van der Waals surface area contributed by atoms with Gasteiger partial charge < -0.3 is 10.1 Å². The molecular formula is C15H14F3N3O. The van der Waals surface area contributed by atoms with E-state index in [9.17, 15) is 13.2 Å². The molecule has 0 fully saturated rings. The number of benzene rings is 1. The number of alkyl halides is 3. The number of pyridine rings is 1. The third kappa shape index (κ3) is 3.55. The van der Waals surface area contributed by atoms with Crippen LogP contribution in [0.1, 0.15) is 11.1 Å². The maximum Gasteiger partial charge on any atom is 0.416 e. The summed E-state index contributed by atoms with van der Waals surface area (Å²) >= 11 is 0. The van der Waals surface area contributed by atoms with E-state index in [1.165, 1.54) is 11.1 Å². The van der Waals surface area contributed by atoms with Crippen LogP contribution in [0, 0.1) is 0 Å². The fourth-order valence-corrected chi connectivity index (χ4v) is 1.90. The highest BCUT2D eigenvalue weighted by Crippen LogP contribution is 2.33. The number of aromatic nitrogens is 1. The van der Waals surface area contributed by atoms with Crippen molar-refractivity contribution in [1.82, 2.24) is 4.98 Å². The zero-order valence-corrected chi connectivity index (χ0v) is 12.0. The Morgan fingerprint density at radius 2 is 1.91 bits per heavy atom. The molecule has 116 valence electrons. The lowest BCUT2D eigenvalue weighted by molar-refractivity contribution is -0.137. The molecule has 4 nitrogen and oxygen atoms in total. The molecule has 0 radical (unpaired) electrons. The largest absolute Gasteiger partial charge is 0.416 e. The van der Waals surface area contributed by atoms with Gasteiger partial charge >= 0.3 is 6.18 Å². The van der Waals surface area contributed by atoms with Crippen LogP contribution in [0.5, 0.6) is 0 Å².